The van der Waals surface area contributed by atoms with E-state index in [2.05, 4.69) is 26.0 Å². The summed E-state index contributed by atoms with van der Waals surface area (Å²) in [5, 5.41) is 11.7. The van der Waals surface area contributed by atoms with Crippen molar-refractivity contribution < 1.29 is 23.0 Å². The molecule has 0 amide bonds. The summed E-state index contributed by atoms with van der Waals surface area (Å²) in [4.78, 5) is 0. The van der Waals surface area contributed by atoms with E-state index in [-0.39, 0.29) is 16.7 Å². The maximum atomic E-state index is 12.6. The number of aliphatic hydroxyl groups excluding tert-OH is 1. The molecule has 0 aromatic heterocycles. The van der Waals surface area contributed by atoms with Crippen molar-refractivity contribution in [2.45, 2.75) is 12.5 Å². The molecule has 0 fully saturated rings. The molecule has 1 aromatic carbocycles. The van der Waals surface area contributed by atoms with Crippen LogP contribution in [0.5, 0.6) is 0 Å². The molecule has 1 unspecified atom stereocenters. The largest absolute Gasteiger partial charge is 0.417 e. The number of methoxy groups -OCH3 is 1. The van der Waals surface area contributed by atoms with Crippen LogP contribution in [0.2, 0.25) is 0 Å². The molecule has 7 heteroatoms. The number of benzene rings is 1. The Morgan fingerprint density at radius 2 is 2.12 bits per heavy atom. The third kappa shape index (κ3) is 4.18. The molecule has 2 N–H and O–H groups in total. The summed E-state index contributed by atoms with van der Waals surface area (Å²) >= 11 is 2.84. The van der Waals surface area contributed by atoms with Crippen LogP contribution in [0.4, 0.5) is 18.9 Å². The zero-order valence-electron chi connectivity index (χ0n) is 8.88. The number of alkyl halides is 3. The van der Waals surface area contributed by atoms with Crippen LogP contribution in [0.25, 0.3) is 0 Å². The molecule has 0 radical (unpaired) electrons. The van der Waals surface area contributed by atoms with Gasteiger partial charge in [0.25, 0.3) is 0 Å². The second-order valence-electron chi connectivity index (χ2n) is 3.26. The summed E-state index contributed by atoms with van der Waals surface area (Å²) in [6, 6.07) is 3.73. The normalized spacial score (nSPS) is 13.5. The summed E-state index contributed by atoms with van der Waals surface area (Å²) < 4.78 is 42.2. The van der Waals surface area contributed by atoms with Crippen molar-refractivity contribution in [3.05, 3.63) is 28.2 Å². The van der Waals surface area contributed by atoms with Crippen LogP contribution in [0.3, 0.4) is 0 Å². The van der Waals surface area contributed by atoms with E-state index < -0.39 is 18.0 Å². The van der Waals surface area contributed by atoms with Gasteiger partial charge in [-0.25, -0.2) is 0 Å². The maximum absolute atomic E-state index is 12.6. The van der Waals surface area contributed by atoms with Gasteiger partial charge in [-0.3, -0.25) is 0 Å². The average molecular weight is 314 g/mol. The Kier molecular flexibility index (Phi) is 4.79. The lowest BCUT2D eigenvalue weighted by atomic mass is 10.2. The number of hydrogen-bond acceptors (Lipinski definition) is 3. The van der Waals surface area contributed by atoms with Crippen LogP contribution in [-0.2, 0) is 10.9 Å². The summed E-state index contributed by atoms with van der Waals surface area (Å²) in [5.74, 6) is 0. The van der Waals surface area contributed by atoms with Gasteiger partial charge in [-0.05, 0) is 18.2 Å². The van der Waals surface area contributed by atoms with Gasteiger partial charge in [-0.2, -0.15) is 13.2 Å². The highest BCUT2D eigenvalue weighted by Gasteiger charge is 2.33. The molecule has 0 aliphatic carbocycles. The minimum atomic E-state index is -4.42. The van der Waals surface area contributed by atoms with Crippen molar-refractivity contribution in [3.63, 3.8) is 0 Å². The van der Waals surface area contributed by atoms with E-state index in [1.165, 1.54) is 19.2 Å². The fourth-order valence-electron chi connectivity index (χ4n) is 1.14. The van der Waals surface area contributed by atoms with Gasteiger partial charge in [-0.15, -0.1) is 0 Å². The zero-order valence-corrected chi connectivity index (χ0v) is 10.5. The molecule has 0 spiro atoms. The number of rotatable bonds is 4. The molecular formula is C10H11BrF3NO2. The first-order chi connectivity index (χ1) is 7.84. The van der Waals surface area contributed by atoms with Gasteiger partial charge in [-0.1, -0.05) is 15.9 Å². The molecule has 1 atom stereocenters. The molecule has 0 heterocycles. The topological polar surface area (TPSA) is 41.5 Å². The summed E-state index contributed by atoms with van der Waals surface area (Å²) in [6.07, 6.45) is -5.48. The molecule has 0 aliphatic heterocycles. The Balaban J connectivity index is 2.82. The van der Waals surface area contributed by atoms with Crippen LogP contribution in [0.15, 0.2) is 22.7 Å². The Hall–Kier alpha value is -0.790. The monoisotopic (exact) mass is 313 g/mol. The van der Waals surface area contributed by atoms with E-state index in [9.17, 15) is 13.2 Å². The second kappa shape index (κ2) is 5.70. The van der Waals surface area contributed by atoms with Gasteiger partial charge in [0, 0.05) is 17.3 Å². The first-order valence-electron chi connectivity index (χ1n) is 4.66. The molecule has 0 saturated carbocycles. The van der Waals surface area contributed by atoms with Crippen LogP contribution in [-0.4, -0.2) is 25.1 Å². The van der Waals surface area contributed by atoms with Crippen LogP contribution in [0, 0.1) is 0 Å². The van der Waals surface area contributed by atoms with Gasteiger partial charge >= 0.3 is 6.18 Å². The number of anilines is 1. The standard InChI is InChI=1S/C10H11BrF3NO2/c1-17-9(16)5-15-6-2-3-8(11)7(4-6)10(12,13)14/h2-4,9,15-16H,5H2,1H3. The summed E-state index contributed by atoms with van der Waals surface area (Å²) in [6.45, 7) is 0.00935. The third-order valence-electron chi connectivity index (χ3n) is 2.02. The van der Waals surface area contributed by atoms with Crippen molar-refractivity contribution in [2.75, 3.05) is 19.0 Å². The number of ether oxygens (including phenoxy) is 1. The first kappa shape index (κ1) is 14.3. The van der Waals surface area contributed by atoms with E-state index in [1.807, 2.05) is 0 Å². The molecule has 1 aromatic rings. The van der Waals surface area contributed by atoms with E-state index in [0.717, 1.165) is 6.07 Å². The number of hydrogen-bond donors (Lipinski definition) is 2. The molecule has 1 rings (SSSR count). The highest BCUT2D eigenvalue weighted by atomic mass is 79.9. The summed E-state index contributed by atoms with van der Waals surface area (Å²) in [7, 11) is 1.30. The quantitative estimate of drug-likeness (QED) is 0.840. The fourth-order valence-corrected chi connectivity index (χ4v) is 1.61. The van der Waals surface area contributed by atoms with E-state index in [0.29, 0.717) is 0 Å². The molecule has 0 bridgehead atoms. The Bertz CT molecular complexity index is 384. The minimum Gasteiger partial charge on any atom is -0.380 e. The fraction of sp³-hybridized carbons (Fsp3) is 0.400. The lowest BCUT2D eigenvalue weighted by Gasteiger charge is -2.14. The van der Waals surface area contributed by atoms with Gasteiger partial charge in [0.1, 0.15) is 0 Å². The second-order valence-corrected chi connectivity index (χ2v) is 4.12. The van der Waals surface area contributed by atoms with Crippen LogP contribution in [0.1, 0.15) is 5.56 Å². The van der Waals surface area contributed by atoms with E-state index >= 15 is 0 Å². The highest BCUT2D eigenvalue weighted by molar-refractivity contribution is 9.10. The molecule has 0 aliphatic rings. The number of nitrogens with one attached hydrogen (secondary N) is 1. The molecule has 96 valence electrons. The minimum absolute atomic E-state index is 0.00935. The number of aliphatic hydroxyl groups is 1. The van der Waals surface area contributed by atoms with Gasteiger partial charge in [0.15, 0.2) is 6.29 Å². The first-order valence-corrected chi connectivity index (χ1v) is 5.45. The maximum Gasteiger partial charge on any atom is 0.417 e. The molecular weight excluding hydrogens is 303 g/mol. The number of halogens is 4. The lowest BCUT2D eigenvalue weighted by molar-refractivity contribution is -0.138. The van der Waals surface area contributed by atoms with Gasteiger partial charge in [0.2, 0.25) is 0 Å². The highest BCUT2D eigenvalue weighted by Crippen LogP contribution is 2.36. The summed E-state index contributed by atoms with van der Waals surface area (Å²) in [5.41, 5.74) is -0.508. The Labute approximate surface area is 105 Å². The van der Waals surface area contributed by atoms with Crippen molar-refractivity contribution in [3.8, 4) is 0 Å². The van der Waals surface area contributed by atoms with E-state index in [4.69, 9.17) is 5.11 Å². The van der Waals surface area contributed by atoms with E-state index in [1.54, 1.807) is 0 Å². The average Bonchev–Trinajstić information content (AvgIpc) is 2.26. The van der Waals surface area contributed by atoms with Crippen LogP contribution >= 0.6 is 15.9 Å². The predicted octanol–water partition coefficient (Wildman–Crippen LogP) is 2.84. The van der Waals surface area contributed by atoms with Gasteiger partial charge < -0.3 is 15.2 Å². The third-order valence-corrected chi connectivity index (χ3v) is 2.72. The van der Waals surface area contributed by atoms with Crippen molar-refractivity contribution in [2.24, 2.45) is 0 Å². The zero-order chi connectivity index (χ0) is 13.1. The SMILES string of the molecule is COC(O)CNc1ccc(Br)c(C(F)(F)F)c1. The van der Waals surface area contributed by atoms with Crippen molar-refractivity contribution in [1.82, 2.24) is 0 Å². The lowest BCUT2D eigenvalue weighted by Crippen LogP contribution is -2.21. The Morgan fingerprint density at radius 1 is 1.47 bits per heavy atom. The molecule has 17 heavy (non-hydrogen) atoms. The molecule has 3 nitrogen and oxygen atoms in total. The van der Waals surface area contributed by atoms with Gasteiger partial charge in [0.05, 0.1) is 12.1 Å². The smallest absolute Gasteiger partial charge is 0.380 e. The van der Waals surface area contributed by atoms with Crippen molar-refractivity contribution in [1.29, 1.82) is 0 Å². The predicted molar refractivity (Wildman–Crippen MR) is 60.6 cm³/mol. The Morgan fingerprint density at radius 3 is 2.65 bits per heavy atom. The van der Waals surface area contributed by atoms with Crippen LogP contribution < -0.4 is 5.32 Å². The molecule has 0 saturated heterocycles. The van der Waals surface area contributed by atoms with Crippen molar-refractivity contribution >= 4 is 21.6 Å².